The van der Waals surface area contributed by atoms with E-state index < -0.39 is 18.1 Å². The predicted octanol–water partition coefficient (Wildman–Crippen LogP) is 4.16. The van der Waals surface area contributed by atoms with Gasteiger partial charge in [-0.3, -0.25) is 9.59 Å². The number of piperidine rings is 1. The minimum atomic E-state index is -0.919. The number of benzene rings is 2. The van der Waals surface area contributed by atoms with Crippen molar-refractivity contribution in [2.45, 2.75) is 57.0 Å². The minimum Gasteiger partial charge on any atom is -0.481 e. The van der Waals surface area contributed by atoms with Gasteiger partial charge in [0.25, 0.3) is 0 Å². The molecule has 2 aromatic carbocycles. The van der Waals surface area contributed by atoms with E-state index in [4.69, 9.17) is 4.74 Å². The topological polar surface area (TPSA) is 95.9 Å². The first-order chi connectivity index (χ1) is 16.0. The number of nitrogens with zero attached hydrogens (tertiary/aromatic N) is 1. The second-order valence-corrected chi connectivity index (χ2v) is 8.71. The number of nitrogens with one attached hydrogen (secondary N) is 1. The standard InChI is InChI=1S/C26H30N2O5/c1-2-23(25(31)28-14-8-7-9-17(28)15-24(29)30)27-26(32)33-16-22-20-12-5-3-10-18(20)19-11-4-6-13-21(19)22/h3-6,10-13,17,22-23H,2,7-9,14-16H2,1H3,(H,27,32)(H,29,30)/t17-,23-/m1/s1. The van der Waals surface area contributed by atoms with E-state index in [1.807, 2.05) is 31.2 Å². The number of carbonyl (C=O) groups excluding carboxylic acids is 2. The molecule has 7 heteroatoms. The molecule has 0 bridgehead atoms. The Kier molecular flexibility index (Phi) is 6.96. The second kappa shape index (κ2) is 10.1. The van der Waals surface area contributed by atoms with Crippen molar-refractivity contribution in [3.8, 4) is 11.1 Å². The zero-order valence-electron chi connectivity index (χ0n) is 18.8. The summed E-state index contributed by atoms with van der Waals surface area (Å²) in [6.45, 7) is 2.51. The third-order valence-corrected chi connectivity index (χ3v) is 6.66. The Hall–Kier alpha value is -3.35. The Labute approximate surface area is 193 Å². The molecule has 1 aliphatic carbocycles. The number of aliphatic carboxylic acids is 1. The van der Waals surface area contributed by atoms with Crippen molar-refractivity contribution < 1.29 is 24.2 Å². The largest absolute Gasteiger partial charge is 0.481 e. The number of carbonyl (C=O) groups is 3. The van der Waals surface area contributed by atoms with Gasteiger partial charge >= 0.3 is 12.1 Å². The van der Waals surface area contributed by atoms with E-state index in [0.717, 1.165) is 35.1 Å². The number of alkyl carbamates (subject to hydrolysis) is 1. The summed E-state index contributed by atoms with van der Waals surface area (Å²) in [5, 5.41) is 11.9. The van der Waals surface area contributed by atoms with Crippen LogP contribution in [0.15, 0.2) is 48.5 Å². The lowest BCUT2D eigenvalue weighted by Gasteiger charge is -2.37. The molecular weight excluding hydrogens is 420 g/mol. The third-order valence-electron chi connectivity index (χ3n) is 6.66. The second-order valence-electron chi connectivity index (χ2n) is 8.71. The highest BCUT2D eigenvalue weighted by Gasteiger charge is 2.34. The molecule has 0 aromatic heterocycles. The smallest absolute Gasteiger partial charge is 0.407 e. The van der Waals surface area contributed by atoms with Crippen LogP contribution in [0.5, 0.6) is 0 Å². The van der Waals surface area contributed by atoms with E-state index in [2.05, 4.69) is 29.6 Å². The van der Waals surface area contributed by atoms with E-state index in [-0.39, 0.29) is 30.9 Å². The van der Waals surface area contributed by atoms with E-state index >= 15 is 0 Å². The maximum absolute atomic E-state index is 13.1. The fourth-order valence-corrected chi connectivity index (χ4v) is 5.03. The zero-order chi connectivity index (χ0) is 23.4. The average Bonchev–Trinajstić information content (AvgIpc) is 3.14. The van der Waals surface area contributed by atoms with Crippen LogP contribution >= 0.6 is 0 Å². The normalized spacial score (nSPS) is 18.2. The van der Waals surface area contributed by atoms with Crippen molar-refractivity contribution in [1.82, 2.24) is 10.2 Å². The number of fused-ring (bicyclic) bond motifs is 3. The molecule has 1 heterocycles. The Morgan fingerprint density at radius 1 is 1.06 bits per heavy atom. The summed E-state index contributed by atoms with van der Waals surface area (Å²) >= 11 is 0. The van der Waals surface area contributed by atoms with Crippen LogP contribution in [0.25, 0.3) is 11.1 Å². The molecule has 7 nitrogen and oxygen atoms in total. The fourth-order valence-electron chi connectivity index (χ4n) is 5.03. The number of ether oxygens (including phenoxy) is 1. The first kappa shape index (κ1) is 22.8. The van der Waals surface area contributed by atoms with Crippen LogP contribution in [0.1, 0.15) is 56.1 Å². The number of rotatable bonds is 7. The third kappa shape index (κ3) is 4.87. The minimum absolute atomic E-state index is 0.0547. The Bertz CT molecular complexity index is 991. The molecule has 2 aromatic rings. The van der Waals surface area contributed by atoms with E-state index in [1.165, 1.54) is 0 Å². The van der Waals surface area contributed by atoms with Crippen LogP contribution in [-0.4, -0.2) is 53.2 Å². The first-order valence-electron chi connectivity index (χ1n) is 11.6. The van der Waals surface area contributed by atoms with Gasteiger partial charge in [0, 0.05) is 18.5 Å². The van der Waals surface area contributed by atoms with E-state index in [1.54, 1.807) is 4.90 Å². The number of hydrogen-bond donors (Lipinski definition) is 2. The summed E-state index contributed by atoms with van der Waals surface area (Å²) in [6, 6.07) is 15.2. The van der Waals surface area contributed by atoms with Gasteiger partial charge in [-0.25, -0.2) is 4.79 Å². The Balaban J connectivity index is 1.40. The molecule has 0 saturated carbocycles. The van der Waals surface area contributed by atoms with Gasteiger partial charge in [-0.2, -0.15) is 0 Å². The van der Waals surface area contributed by atoms with Crippen LogP contribution in [0.4, 0.5) is 4.79 Å². The molecule has 1 saturated heterocycles. The lowest BCUT2D eigenvalue weighted by atomic mass is 9.98. The van der Waals surface area contributed by atoms with Gasteiger partial charge < -0.3 is 20.1 Å². The average molecular weight is 451 g/mol. The van der Waals surface area contributed by atoms with Gasteiger partial charge in [0.05, 0.1) is 6.42 Å². The van der Waals surface area contributed by atoms with E-state index in [0.29, 0.717) is 19.4 Å². The molecule has 0 radical (unpaired) electrons. The number of hydrogen-bond acceptors (Lipinski definition) is 4. The molecule has 2 aliphatic rings. The molecule has 2 amide bonds. The molecule has 174 valence electrons. The fraction of sp³-hybridized carbons (Fsp3) is 0.423. The molecule has 0 unspecified atom stereocenters. The maximum Gasteiger partial charge on any atom is 0.407 e. The molecule has 2 N–H and O–H groups in total. The van der Waals surface area contributed by atoms with Gasteiger partial charge in [-0.1, -0.05) is 55.5 Å². The summed E-state index contributed by atoms with van der Waals surface area (Å²) in [5.41, 5.74) is 4.55. The maximum atomic E-state index is 13.1. The van der Waals surface area contributed by atoms with Crippen LogP contribution in [0.2, 0.25) is 0 Å². The van der Waals surface area contributed by atoms with Crippen molar-refractivity contribution in [2.24, 2.45) is 0 Å². The highest BCUT2D eigenvalue weighted by molar-refractivity contribution is 5.86. The SMILES string of the molecule is CC[C@@H](NC(=O)OCC1c2ccccc2-c2ccccc21)C(=O)N1CCCC[C@@H]1CC(=O)O. The van der Waals surface area contributed by atoms with Gasteiger partial charge in [0.1, 0.15) is 12.6 Å². The zero-order valence-corrected chi connectivity index (χ0v) is 18.8. The van der Waals surface area contributed by atoms with Crippen LogP contribution in [0.3, 0.4) is 0 Å². The van der Waals surface area contributed by atoms with Gasteiger partial charge in [-0.15, -0.1) is 0 Å². The highest BCUT2D eigenvalue weighted by atomic mass is 16.5. The van der Waals surface area contributed by atoms with Crippen molar-refractivity contribution >= 4 is 18.0 Å². The molecule has 4 rings (SSSR count). The lowest BCUT2D eigenvalue weighted by Crippen LogP contribution is -2.53. The molecule has 1 fully saturated rings. The van der Waals surface area contributed by atoms with Crippen molar-refractivity contribution in [2.75, 3.05) is 13.2 Å². The number of amides is 2. The summed E-state index contributed by atoms with van der Waals surface area (Å²) in [4.78, 5) is 38.6. The summed E-state index contributed by atoms with van der Waals surface area (Å²) < 4.78 is 5.59. The summed E-state index contributed by atoms with van der Waals surface area (Å²) in [7, 11) is 0. The Morgan fingerprint density at radius 2 is 1.70 bits per heavy atom. The van der Waals surface area contributed by atoms with Crippen LogP contribution < -0.4 is 5.32 Å². The molecule has 2 atom stereocenters. The molecule has 1 aliphatic heterocycles. The Morgan fingerprint density at radius 3 is 2.30 bits per heavy atom. The van der Waals surface area contributed by atoms with E-state index in [9.17, 15) is 19.5 Å². The summed E-state index contributed by atoms with van der Waals surface area (Å²) in [5.74, 6) is -1.21. The quantitative estimate of drug-likeness (QED) is 0.660. The highest BCUT2D eigenvalue weighted by Crippen LogP contribution is 2.44. The molecule has 0 spiro atoms. The number of carboxylic acids is 1. The molecule has 33 heavy (non-hydrogen) atoms. The van der Waals surface area contributed by atoms with Crippen molar-refractivity contribution in [3.05, 3.63) is 59.7 Å². The van der Waals surface area contributed by atoms with Gasteiger partial charge in [0.15, 0.2) is 0 Å². The first-order valence-corrected chi connectivity index (χ1v) is 11.6. The van der Waals surface area contributed by atoms with Crippen LogP contribution in [0, 0.1) is 0 Å². The number of carboxylic acid groups (broad SMARTS) is 1. The lowest BCUT2D eigenvalue weighted by molar-refractivity contribution is -0.142. The van der Waals surface area contributed by atoms with Crippen molar-refractivity contribution in [3.63, 3.8) is 0 Å². The molecular formula is C26H30N2O5. The van der Waals surface area contributed by atoms with Gasteiger partial charge in [0.2, 0.25) is 5.91 Å². The summed E-state index contributed by atoms with van der Waals surface area (Å²) in [6.07, 6.45) is 2.09. The van der Waals surface area contributed by atoms with Crippen molar-refractivity contribution in [1.29, 1.82) is 0 Å². The monoisotopic (exact) mass is 450 g/mol. The number of likely N-dealkylation sites (tertiary alicyclic amines) is 1. The van der Waals surface area contributed by atoms with Crippen LogP contribution in [-0.2, 0) is 14.3 Å². The van der Waals surface area contributed by atoms with Gasteiger partial charge in [-0.05, 0) is 47.9 Å². The predicted molar refractivity (Wildman–Crippen MR) is 124 cm³/mol.